The van der Waals surface area contributed by atoms with Gasteiger partial charge in [-0.15, -0.1) is 0 Å². The number of benzene rings is 1. The highest BCUT2D eigenvalue weighted by Crippen LogP contribution is 2.33. The van der Waals surface area contributed by atoms with E-state index in [9.17, 15) is 17.6 Å². The predicted octanol–water partition coefficient (Wildman–Crippen LogP) is 4.21. The first kappa shape index (κ1) is 12.5. The molecule has 94 valence electrons. The first-order valence-electron chi connectivity index (χ1n) is 5.18. The maximum Gasteiger partial charge on any atom is 0.416 e. The Morgan fingerprint density at radius 1 is 1.06 bits per heavy atom. The van der Waals surface area contributed by atoms with E-state index < -0.39 is 17.6 Å². The van der Waals surface area contributed by atoms with E-state index in [1.165, 1.54) is 6.20 Å². The molecule has 0 aliphatic rings. The highest BCUT2D eigenvalue weighted by atomic mass is 19.4. The zero-order chi connectivity index (χ0) is 13.3. The summed E-state index contributed by atoms with van der Waals surface area (Å²) < 4.78 is 51.2. The minimum absolute atomic E-state index is 0.145. The van der Waals surface area contributed by atoms with Gasteiger partial charge in [-0.05, 0) is 42.8 Å². The van der Waals surface area contributed by atoms with E-state index in [2.05, 4.69) is 4.98 Å². The smallest absolute Gasteiger partial charge is 0.256 e. The third-order valence-electron chi connectivity index (χ3n) is 2.49. The normalized spacial score (nSPS) is 11.6. The second kappa shape index (κ2) is 4.40. The third kappa shape index (κ3) is 2.50. The van der Waals surface area contributed by atoms with Crippen LogP contribution < -0.4 is 0 Å². The Hall–Kier alpha value is -1.91. The second-order valence-corrected chi connectivity index (χ2v) is 3.91. The monoisotopic (exact) mass is 255 g/mol. The Balaban J connectivity index is 2.57. The fourth-order valence-corrected chi connectivity index (χ4v) is 1.58. The first-order valence-corrected chi connectivity index (χ1v) is 5.18. The zero-order valence-corrected chi connectivity index (χ0v) is 9.42. The van der Waals surface area contributed by atoms with Gasteiger partial charge in [0.05, 0.1) is 11.3 Å². The summed E-state index contributed by atoms with van der Waals surface area (Å²) >= 11 is 0. The van der Waals surface area contributed by atoms with Crippen molar-refractivity contribution in [3.8, 4) is 11.3 Å². The highest BCUT2D eigenvalue weighted by Gasteiger charge is 2.31. The molecule has 0 amide bonds. The van der Waals surface area contributed by atoms with Crippen molar-refractivity contribution in [3.63, 3.8) is 0 Å². The minimum atomic E-state index is -4.49. The van der Waals surface area contributed by atoms with E-state index in [-0.39, 0.29) is 11.3 Å². The van der Waals surface area contributed by atoms with E-state index in [0.717, 1.165) is 17.7 Å². The Kier molecular flexibility index (Phi) is 3.07. The van der Waals surface area contributed by atoms with Crippen LogP contribution in [0.3, 0.4) is 0 Å². The summed E-state index contributed by atoms with van der Waals surface area (Å²) in [6, 6.07) is 5.53. The molecule has 0 radical (unpaired) electrons. The maximum absolute atomic E-state index is 13.6. The average molecular weight is 255 g/mol. The van der Waals surface area contributed by atoms with Crippen molar-refractivity contribution in [1.29, 1.82) is 0 Å². The van der Waals surface area contributed by atoms with Crippen molar-refractivity contribution in [2.24, 2.45) is 0 Å². The van der Waals surface area contributed by atoms with Gasteiger partial charge in [-0.1, -0.05) is 0 Å². The van der Waals surface area contributed by atoms with E-state index >= 15 is 0 Å². The molecule has 18 heavy (non-hydrogen) atoms. The quantitative estimate of drug-likeness (QED) is 0.695. The number of alkyl halides is 3. The molecule has 2 rings (SSSR count). The number of aromatic nitrogens is 1. The van der Waals surface area contributed by atoms with E-state index in [1.807, 2.05) is 0 Å². The van der Waals surface area contributed by atoms with Crippen molar-refractivity contribution in [1.82, 2.24) is 4.98 Å². The SMILES string of the molecule is Cc1ccnc(-c2cc(C(F)(F)F)ccc2F)c1. The lowest BCUT2D eigenvalue weighted by atomic mass is 10.1. The van der Waals surface area contributed by atoms with Gasteiger partial charge in [-0.2, -0.15) is 13.2 Å². The Morgan fingerprint density at radius 2 is 1.78 bits per heavy atom. The summed E-state index contributed by atoms with van der Waals surface area (Å²) in [5.41, 5.74) is -0.0360. The Labute approximate surface area is 101 Å². The van der Waals surface area contributed by atoms with Crippen molar-refractivity contribution in [2.75, 3.05) is 0 Å². The third-order valence-corrected chi connectivity index (χ3v) is 2.49. The molecule has 1 nitrogen and oxygen atoms in total. The number of halogens is 4. The molecule has 1 aromatic carbocycles. The fraction of sp³-hybridized carbons (Fsp3) is 0.154. The lowest BCUT2D eigenvalue weighted by molar-refractivity contribution is -0.137. The summed E-state index contributed by atoms with van der Waals surface area (Å²) in [4.78, 5) is 3.89. The molecule has 0 unspecified atom stereocenters. The number of aryl methyl sites for hydroxylation is 1. The van der Waals surface area contributed by atoms with Gasteiger partial charge in [0.1, 0.15) is 5.82 Å². The van der Waals surface area contributed by atoms with Crippen LogP contribution in [-0.2, 0) is 6.18 Å². The summed E-state index contributed by atoms with van der Waals surface area (Å²) in [7, 11) is 0. The van der Waals surface area contributed by atoms with Crippen LogP contribution in [0.25, 0.3) is 11.3 Å². The molecule has 0 aliphatic carbocycles. The van der Waals surface area contributed by atoms with E-state index in [4.69, 9.17) is 0 Å². The van der Waals surface area contributed by atoms with Gasteiger partial charge in [0, 0.05) is 11.8 Å². The van der Waals surface area contributed by atoms with Crippen LogP contribution in [0, 0.1) is 12.7 Å². The lowest BCUT2D eigenvalue weighted by Gasteiger charge is -2.09. The molecule has 5 heteroatoms. The van der Waals surface area contributed by atoms with Crippen LogP contribution in [0.5, 0.6) is 0 Å². The molecular weight excluding hydrogens is 246 g/mol. The summed E-state index contributed by atoms with van der Waals surface area (Å²) in [6.45, 7) is 1.76. The summed E-state index contributed by atoms with van der Waals surface area (Å²) in [6.07, 6.45) is -3.06. The van der Waals surface area contributed by atoms with Crippen LogP contribution in [0.15, 0.2) is 36.5 Å². The van der Waals surface area contributed by atoms with E-state index in [0.29, 0.717) is 6.07 Å². The summed E-state index contributed by atoms with van der Waals surface area (Å²) in [5.74, 6) is -0.721. The van der Waals surface area contributed by atoms with Crippen LogP contribution >= 0.6 is 0 Å². The topological polar surface area (TPSA) is 12.9 Å². The van der Waals surface area contributed by atoms with Crippen LogP contribution in [-0.4, -0.2) is 4.98 Å². The van der Waals surface area contributed by atoms with Gasteiger partial charge >= 0.3 is 6.18 Å². The van der Waals surface area contributed by atoms with Crippen LogP contribution in [0.2, 0.25) is 0 Å². The molecule has 1 aromatic heterocycles. The molecule has 0 saturated heterocycles. The second-order valence-electron chi connectivity index (χ2n) is 3.91. The van der Waals surface area contributed by atoms with Gasteiger partial charge in [0.15, 0.2) is 0 Å². The van der Waals surface area contributed by atoms with Gasteiger partial charge in [0.25, 0.3) is 0 Å². The fourth-order valence-electron chi connectivity index (χ4n) is 1.58. The molecular formula is C13H9F4N. The highest BCUT2D eigenvalue weighted by molar-refractivity contribution is 5.61. The molecule has 1 heterocycles. The minimum Gasteiger partial charge on any atom is -0.256 e. The number of pyridine rings is 1. The molecule has 0 aliphatic heterocycles. The lowest BCUT2D eigenvalue weighted by Crippen LogP contribution is -2.05. The molecule has 0 fully saturated rings. The average Bonchev–Trinajstić information content (AvgIpc) is 2.28. The molecule has 0 saturated carbocycles. The zero-order valence-electron chi connectivity index (χ0n) is 9.42. The Morgan fingerprint density at radius 3 is 2.39 bits per heavy atom. The molecule has 2 aromatic rings. The largest absolute Gasteiger partial charge is 0.416 e. The number of rotatable bonds is 1. The van der Waals surface area contributed by atoms with Crippen molar-refractivity contribution in [3.05, 3.63) is 53.5 Å². The molecule has 0 spiro atoms. The van der Waals surface area contributed by atoms with Crippen molar-refractivity contribution >= 4 is 0 Å². The number of hydrogen-bond donors (Lipinski definition) is 0. The van der Waals surface area contributed by atoms with Gasteiger partial charge in [-0.3, -0.25) is 4.98 Å². The van der Waals surface area contributed by atoms with Gasteiger partial charge in [-0.25, -0.2) is 4.39 Å². The maximum atomic E-state index is 13.6. The van der Waals surface area contributed by atoms with Crippen LogP contribution in [0.1, 0.15) is 11.1 Å². The summed E-state index contributed by atoms with van der Waals surface area (Å²) in [5, 5.41) is 0. The predicted molar refractivity (Wildman–Crippen MR) is 59.4 cm³/mol. The molecule has 0 N–H and O–H groups in total. The number of hydrogen-bond acceptors (Lipinski definition) is 1. The number of nitrogens with zero attached hydrogens (tertiary/aromatic N) is 1. The molecule has 0 bridgehead atoms. The van der Waals surface area contributed by atoms with E-state index in [1.54, 1.807) is 19.1 Å². The molecule has 0 atom stereocenters. The van der Waals surface area contributed by atoms with Gasteiger partial charge < -0.3 is 0 Å². The standard InChI is InChI=1S/C13H9F4N/c1-8-4-5-18-12(6-8)10-7-9(13(15,16)17)2-3-11(10)14/h2-7H,1H3. The first-order chi connectivity index (χ1) is 8.38. The van der Waals surface area contributed by atoms with Crippen LogP contribution in [0.4, 0.5) is 17.6 Å². The Bertz CT molecular complexity index is 575. The van der Waals surface area contributed by atoms with Crippen molar-refractivity contribution < 1.29 is 17.6 Å². The van der Waals surface area contributed by atoms with Crippen molar-refractivity contribution in [2.45, 2.75) is 13.1 Å². The van der Waals surface area contributed by atoms with Gasteiger partial charge in [0.2, 0.25) is 0 Å².